The number of amides is 1. The normalized spacial score (nSPS) is 10.6. The van der Waals surface area contributed by atoms with Gasteiger partial charge in [0.25, 0.3) is 0 Å². The fourth-order valence-electron chi connectivity index (χ4n) is 1.98. The third-order valence-corrected chi connectivity index (χ3v) is 5.39. The van der Waals surface area contributed by atoms with Gasteiger partial charge in [-0.1, -0.05) is 0 Å². The Morgan fingerprint density at radius 3 is 2.54 bits per heavy atom. The topological polar surface area (TPSA) is 83.0 Å². The molecule has 0 aliphatic heterocycles. The van der Waals surface area contributed by atoms with Crippen LogP contribution >= 0.6 is 44.1 Å². The van der Waals surface area contributed by atoms with Crippen molar-refractivity contribution >= 4 is 72.7 Å². The first-order valence-corrected chi connectivity index (χ1v) is 9.29. The Kier molecular flexibility index (Phi) is 7.13. The second-order valence-electron chi connectivity index (χ2n) is 5.08. The first kappa shape index (κ1) is 20.3. The fraction of sp³-hybridized carbons (Fsp3) is 0.118. The zero-order valence-corrected chi connectivity index (χ0v) is 17.8. The lowest BCUT2D eigenvalue weighted by molar-refractivity contribution is -0.117. The number of nitrogens with one attached hydrogen (secondary N) is 2. The Balaban J connectivity index is 2.18. The van der Waals surface area contributed by atoms with Crippen molar-refractivity contribution in [3.63, 3.8) is 0 Å². The largest absolute Gasteiger partial charge is 0.504 e. The molecule has 0 bridgehead atoms. The van der Waals surface area contributed by atoms with Gasteiger partial charge in [0.05, 0.1) is 18.4 Å². The van der Waals surface area contributed by atoms with Crippen LogP contribution in [-0.4, -0.2) is 29.5 Å². The van der Waals surface area contributed by atoms with Crippen LogP contribution in [0.15, 0.2) is 44.3 Å². The summed E-state index contributed by atoms with van der Waals surface area (Å²) in [6.07, 6.45) is 1.54. The van der Waals surface area contributed by atoms with Crippen molar-refractivity contribution in [3.8, 4) is 11.5 Å². The van der Waals surface area contributed by atoms with E-state index >= 15 is 0 Å². The summed E-state index contributed by atoms with van der Waals surface area (Å²) in [5.74, 6) is 0.0939. The van der Waals surface area contributed by atoms with Gasteiger partial charge in [-0.25, -0.2) is 0 Å². The highest BCUT2D eigenvalue weighted by molar-refractivity contribution is 9.13. The molecule has 0 radical (unpaired) electrons. The number of carbonyl (C=O) groups excluding carboxylic acids is 1. The molecule has 0 saturated carbocycles. The Bertz CT molecular complexity index is 871. The molecule has 2 rings (SSSR count). The molecule has 0 spiro atoms. The molecule has 0 aliphatic rings. The molecule has 0 atom stereocenters. The van der Waals surface area contributed by atoms with E-state index in [1.165, 1.54) is 20.2 Å². The van der Waals surface area contributed by atoms with Crippen molar-refractivity contribution in [2.75, 3.05) is 12.4 Å². The molecule has 0 heterocycles. The zero-order chi connectivity index (χ0) is 19.3. The summed E-state index contributed by atoms with van der Waals surface area (Å²) in [7, 11) is 1.48. The Hall–Kier alpha value is -1.97. The van der Waals surface area contributed by atoms with E-state index in [9.17, 15) is 9.90 Å². The fourth-order valence-corrected chi connectivity index (χ4v) is 3.07. The molecule has 26 heavy (non-hydrogen) atoms. The molecule has 0 aliphatic carbocycles. The third-order valence-electron chi connectivity index (χ3n) is 3.17. The minimum atomic E-state index is -0.237. The van der Waals surface area contributed by atoms with E-state index in [2.05, 4.69) is 47.5 Å². The van der Waals surface area contributed by atoms with Crippen molar-refractivity contribution in [1.29, 1.82) is 0 Å². The van der Waals surface area contributed by atoms with Crippen molar-refractivity contribution in [2.45, 2.75) is 6.92 Å². The van der Waals surface area contributed by atoms with E-state index in [4.69, 9.17) is 17.0 Å². The molecular weight excluding hydrogens is 486 g/mol. The van der Waals surface area contributed by atoms with Crippen molar-refractivity contribution < 1.29 is 14.6 Å². The van der Waals surface area contributed by atoms with Gasteiger partial charge in [0.1, 0.15) is 0 Å². The number of anilines is 1. The van der Waals surface area contributed by atoms with Gasteiger partial charge in [0, 0.05) is 27.8 Å². The molecule has 1 amide bonds. The van der Waals surface area contributed by atoms with Crippen molar-refractivity contribution in [1.82, 2.24) is 5.32 Å². The predicted molar refractivity (Wildman–Crippen MR) is 114 cm³/mol. The van der Waals surface area contributed by atoms with Crippen molar-refractivity contribution in [2.24, 2.45) is 4.99 Å². The highest BCUT2D eigenvalue weighted by Crippen LogP contribution is 2.39. The lowest BCUT2D eigenvalue weighted by Gasteiger charge is -2.10. The minimum Gasteiger partial charge on any atom is -0.504 e. The second-order valence-corrected chi connectivity index (χ2v) is 7.13. The summed E-state index contributed by atoms with van der Waals surface area (Å²) >= 11 is 11.8. The molecule has 3 N–H and O–H groups in total. The predicted octanol–water partition coefficient (Wildman–Crippen LogP) is 4.51. The number of nitrogens with zero attached hydrogens (tertiary/aromatic N) is 1. The van der Waals surface area contributed by atoms with Crippen LogP contribution in [0.1, 0.15) is 12.5 Å². The number of phenols is 1. The number of thiocarbonyl (C=S) groups is 1. The first-order valence-electron chi connectivity index (χ1n) is 7.29. The molecule has 0 fully saturated rings. The van der Waals surface area contributed by atoms with Crippen LogP contribution in [0.3, 0.4) is 0 Å². The van der Waals surface area contributed by atoms with Crippen LogP contribution < -0.4 is 15.4 Å². The Morgan fingerprint density at radius 2 is 1.96 bits per heavy atom. The summed E-state index contributed by atoms with van der Waals surface area (Å²) in [6.45, 7) is 1.39. The number of ether oxygens (including phenoxy) is 1. The molecule has 2 aromatic rings. The average molecular weight is 501 g/mol. The standard InChI is InChI=1S/C17H15Br2N3O3S/c1-9(23)21-17(26)22-11-5-3-10(4-6-11)20-8-12-15(19)13(18)7-14(25-2)16(12)24/h3-8,24H,1-2H3,(H2,21,22,23,26). The van der Waals surface area contributed by atoms with Crippen molar-refractivity contribution in [3.05, 3.63) is 44.8 Å². The monoisotopic (exact) mass is 499 g/mol. The van der Waals surface area contributed by atoms with E-state index in [0.717, 1.165) is 10.2 Å². The Morgan fingerprint density at radius 1 is 1.31 bits per heavy atom. The van der Waals surface area contributed by atoms with Crippen LogP contribution in [0.2, 0.25) is 0 Å². The van der Waals surface area contributed by atoms with E-state index in [-0.39, 0.29) is 16.8 Å². The van der Waals surface area contributed by atoms with E-state index in [1.54, 1.807) is 30.3 Å². The van der Waals surface area contributed by atoms with E-state index < -0.39 is 0 Å². The van der Waals surface area contributed by atoms with Gasteiger partial charge < -0.3 is 20.5 Å². The van der Waals surface area contributed by atoms with Gasteiger partial charge in [-0.05, 0) is 74.4 Å². The second kappa shape index (κ2) is 9.11. The van der Waals surface area contributed by atoms with Gasteiger partial charge in [0.15, 0.2) is 16.6 Å². The molecule has 0 aromatic heterocycles. The molecule has 0 saturated heterocycles. The third kappa shape index (κ3) is 5.26. The smallest absolute Gasteiger partial charge is 0.222 e. The number of aliphatic imine (C=N–C) groups is 1. The SMILES string of the molecule is COc1cc(Br)c(Br)c(C=Nc2ccc(NC(=S)NC(C)=O)cc2)c1O. The van der Waals surface area contributed by atoms with Crippen LogP contribution in [0, 0.1) is 0 Å². The average Bonchev–Trinajstić information content (AvgIpc) is 2.58. The van der Waals surface area contributed by atoms with Gasteiger partial charge in [-0.3, -0.25) is 9.79 Å². The lowest BCUT2D eigenvalue weighted by atomic mass is 10.2. The highest BCUT2D eigenvalue weighted by atomic mass is 79.9. The summed E-state index contributed by atoms with van der Waals surface area (Å²) in [4.78, 5) is 15.3. The number of rotatable bonds is 4. The minimum absolute atomic E-state index is 0.00901. The van der Waals surface area contributed by atoms with E-state index in [0.29, 0.717) is 21.5 Å². The van der Waals surface area contributed by atoms with Gasteiger partial charge in [-0.2, -0.15) is 0 Å². The number of hydrogen-bond donors (Lipinski definition) is 3. The van der Waals surface area contributed by atoms with E-state index in [1.807, 2.05) is 0 Å². The molecule has 136 valence electrons. The zero-order valence-electron chi connectivity index (χ0n) is 13.8. The summed E-state index contributed by atoms with van der Waals surface area (Å²) in [5.41, 5.74) is 1.88. The number of phenolic OH excluding ortho intramolecular Hbond substituents is 1. The lowest BCUT2D eigenvalue weighted by Crippen LogP contribution is -2.32. The summed E-state index contributed by atoms with van der Waals surface area (Å²) in [5, 5.41) is 15.9. The maximum absolute atomic E-state index is 10.9. The molecule has 0 unspecified atom stereocenters. The number of aromatic hydroxyl groups is 1. The molecular formula is C17H15Br2N3O3S. The van der Waals surface area contributed by atoms with Gasteiger partial charge in [-0.15, -0.1) is 0 Å². The van der Waals surface area contributed by atoms with Crippen LogP contribution in [0.4, 0.5) is 11.4 Å². The summed E-state index contributed by atoms with van der Waals surface area (Å²) in [6, 6.07) is 8.76. The number of halogens is 2. The number of carbonyl (C=O) groups is 1. The Labute approximate surface area is 172 Å². The quantitative estimate of drug-likeness (QED) is 0.425. The van der Waals surface area contributed by atoms with Gasteiger partial charge in [0.2, 0.25) is 5.91 Å². The number of hydrogen-bond acceptors (Lipinski definition) is 5. The first-order chi connectivity index (χ1) is 12.3. The number of benzene rings is 2. The van der Waals surface area contributed by atoms with Crippen LogP contribution in [-0.2, 0) is 4.79 Å². The van der Waals surface area contributed by atoms with Gasteiger partial charge >= 0.3 is 0 Å². The van der Waals surface area contributed by atoms with Crippen LogP contribution in [0.5, 0.6) is 11.5 Å². The molecule has 9 heteroatoms. The summed E-state index contributed by atoms with van der Waals surface area (Å²) < 4.78 is 6.54. The maximum atomic E-state index is 10.9. The highest BCUT2D eigenvalue weighted by Gasteiger charge is 2.14. The van der Waals surface area contributed by atoms with Crippen LogP contribution in [0.25, 0.3) is 0 Å². The maximum Gasteiger partial charge on any atom is 0.222 e. The molecule has 2 aromatic carbocycles. The number of methoxy groups -OCH3 is 1. The molecule has 6 nitrogen and oxygen atoms in total.